The van der Waals surface area contributed by atoms with Crippen LogP contribution in [-0.2, 0) is 0 Å². The van der Waals surface area contributed by atoms with Crippen LogP contribution in [0.25, 0.3) is 5.57 Å². The summed E-state index contributed by atoms with van der Waals surface area (Å²) in [6, 6.07) is 6.96. The maximum atomic E-state index is 13.1. The first-order valence-corrected chi connectivity index (χ1v) is 6.24. The van der Waals surface area contributed by atoms with Gasteiger partial charge in [0, 0.05) is 0 Å². The lowest BCUT2D eigenvalue weighted by Crippen LogP contribution is -2.05. The summed E-state index contributed by atoms with van der Waals surface area (Å²) in [6.07, 6.45) is 8.43. The van der Waals surface area contributed by atoms with Crippen molar-refractivity contribution in [3.63, 3.8) is 0 Å². The lowest BCUT2D eigenvalue weighted by Gasteiger charge is -2.21. The van der Waals surface area contributed by atoms with Gasteiger partial charge < -0.3 is 0 Å². The molecule has 0 saturated heterocycles. The Morgan fingerprint density at radius 3 is 2.88 bits per heavy atom. The number of hydrogen-bond acceptors (Lipinski definition) is 0. The van der Waals surface area contributed by atoms with Crippen molar-refractivity contribution in [2.75, 3.05) is 0 Å². The van der Waals surface area contributed by atoms with Gasteiger partial charge in [0.05, 0.1) is 0 Å². The number of allylic oxidation sites excluding steroid dienone is 2. The number of halogens is 1. The van der Waals surface area contributed by atoms with Crippen LogP contribution in [0.1, 0.15) is 44.6 Å². The van der Waals surface area contributed by atoms with Crippen molar-refractivity contribution in [3.8, 4) is 0 Å². The summed E-state index contributed by atoms with van der Waals surface area (Å²) in [5.41, 5.74) is 2.39. The monoisotopic (exact) mass is 218 g/mol. The van der Waals surface area contributed by atoms with E-state index in [0.717, 1.165) is 17.9 Å². The summed E-state index contributed by atoms with van der Waals surface area (Å²) in [7, 11) is 0. The average molecular weight is 218 g/mol. The molecule has 0 aliphatic heterocycles. The highest BCUT2D eigenvalue weighted by atomic mass is 19.1. The van der Waals surface area contributed by atoms with E-state index >= 15 is 0 Å². The number of hydrogen-bond donors (Lipinski definition) is 0. The Labute approximate surface area is 97.2 Å². The van der Waals surface area contributed by atoms with Crippen molar-refractivity contribution < 1.29 is 4.39 Å². The van der Waals surface area contributed by atoms with Crippen molar-refractivity contribution in [2.45, 2.75) is 39.0 Å². The SMILES string of the molecule is CCCC1CC=C(c2cccc(F)c2)CC1. The second-order valence-electron chi connectivity index (χ2n) is 4.67. The highest BCUT2D eigenvalue weighted by Crippen LogP contribution is 2.32. The fraction of sp³-hybridized carbons (Fsp3) is 0.467. The molecular formula is C15H19F. The molecule has 86 valence electrons. The van der Waals surface area contributed by atoms with Crippen molar-refractivity contribution >= 4 is 5.57 Å². The van der Waals surface area contributed by atoms with Crippen molar-refractivity contribution in [2.24, 2.45) is 5.92 Å². The third kappa shape index (κ3) is 2.72. The van der Waals surface area contributed by atoms with Gasteiger partial charge in [0.2, 0.25) is 0 Å². The highest BCUT2D eigenvalue weighted by Gasteiger charge is 2.14. The molecule has 1 heteroatoms. The van der Waals surface area contributed by atoms with Gasteiger partial charge in [-0.1, -0.05) is 38.0 Å². The fourth-order valence-electron chi connectivity index (χ4n) is 2.51. The van der Waals surface area contributed by atoms with Gasteiger partial charge in [-0.2, -0.15) is 0 Å². The van der Waals surface area contributed by atoms with Gasteiger partial charge in [-0.25, -0.2) is 4.39 Å². The van der Waals surface area contributed by atoms with Crippen LogP contribution >= 0.6 is 0 Å². The second kappa shape index (κ2) is 5.29. The Balaban J connectivity index is 2.07. The average Bonchev–Trinajstić information content (AvgIpc) is 2.30. The fourth-order valence-corrected chi connectivity index (χ4v) is 2.51. The third-order valence-electron chi connectivity index (χ3n) is 3.41. The van der Waals surface area contributed by atoms with Crippen LogP contribution in [0.15, 0.2) is 30.3 Å². The predicted molar refractivity (Wildman–Crippen MR) is 66.6 cm³/mol. The zero-order valence-corrected chi connectivity index (χ0v) is 9.88. The summed E-state index contributed by atoms with van der Waals surface area (Å²) in [5, 5.41) is 0. The molecule has 16 heavy (non-hydrogen) atoms. The van der Waals surface area contributed by atoms with E-state index in [2.05, 4.69) is 13.0 Å². The molecule has 1 unspecified atom stereocenters. The topological polar surface area (TPSA) is 0 Å². The maximum absolute atomic E-state index is 13.1. The molecule has 0 bridgehead atoms. The van der Waals surface area contributed by atoms with Crippen LogP contribution in [0.4, 0.5) is 4.39 Å². The molecule has 2 rings (SSSR count). The van der Waals surface area contributed by atoms with Gasteiger partial charge in [-0.05, 0) is 48.4 Å². The van der Waals surface area contributed by atoms with Crippen LogP contribution < -0.4 is 0 Å². The molecule has 0 amide bonds. The molecule has 0 nitrogen and oxygen atoms in total. The first-order chi connectivity index (χ1) is 7.79. The second-order valence-corrected chi connectivity index (χ2v) is 4.67. The molecular weight excluding hydrogens is 199 g/mol. The van der Waals surface area contributed by atoms with Gasteiger partial charge in [0.1, 0.15) is 5.82 Å². The van der Waals surface area contributed by atoms with E-state index in [9.17, 15) is 4.39 Å². The molecule has 0 fully saturated rings. The lowest BCUT2D eigenvalue weighted by atomic mass is 9.84. The van der Waals surface area contributed by atoms with E-state index in [1.807, 2.05) is 6.07 Å². The smallest absolute Gasteiger partial charge is 0.123 e. The number of benzene rings is 1. The molecule has 0 heterocycles. The summed E-state index contributed by atoms with van der Waals surface area (Å²) >= 11 is 0. The molecule has 1 aromatic carbocycles. The minimum Gasteiger partial charge on any atom is -0.207 e. The Kier molecular flexibility index (Phi) is 3.76. The largest absolute Gasteiger partial charge is 0.207 e. The Hall–Kier alpha value is -1.11. The Morgan fingerprint density at radius 1 is 1.38 bits per heavy atom. The van der Waals surface area contributed by atoms with Gasteiger partial charge in [-0.3, -0.25) is 0 Å². The molecule has 1 aliphatic carbocycles. The minimum absolute atomic E-state index is 0.130. The molecule has 1 aliphatic rings. The summed E-state index contributed by atoms with van der Waals surface area (Å²) in [5.74, 6) is 0.719. The number of rotatable bonds is 3. The highest BCUT2D eigenvalue weighted by molar-refractivity contribution is 5.66. The Bertz CT molecular complexity index is 379. The summed E-state index contributed by atoms with van der Waals surface area (Å²) in [6.45, 7) is 2.24. The quantitative estimate of drug-likeness (QED) is 0.683. The normalized spacial score (nSPS) is 20.6. The maximum Gasteiger partial charge on any atom is 0.123 e. The first kappa shape index (κ1) is 11.4. The summed E-state index contributed by atoms with van der Waals surface area (Å²) in [4.78, 5) is 0. The lowest BCUT2D eigenvalue weighted by molar-refractivity contribution is 0.445. The predicted octanol–water partition coefficient (Wildman–Crippen LogP) is 4.81. The summed E-state index contributed by atoms with van der Waals surface area (Å²) < 4.78 is 13.1. The van der Waals surface area contributed by atoms with Gasteiger partial charge in [0.15, 0.2) is 0 Å². The molecule has 0 radical (unpaired) electrons. The van der Waals surface area contributed by atoms with Crippen molar-refractivity contribution in [1.82, 2.24) is 0 Å². The van der Waals surface area contributed by atoms with Crippen molar-refractivity contribution in [1.29, 1.82) is 0 Å². The van der Waals surface area contributed by atoms with Crippen LogP contribution in [0.3, 0.4) is 0 Å². The minimum atomic E-state index is -0.130. The zero-order valence-electron chi connectivity index (χ0n) is 9.88. The molecule has 0 N–H and O–H groups in total. The van der Waals surface area contributed by atoms with E-state index in [4.69, 9.17) is 0 Å². The molecule has 1 aromatic rings. The van der Waals surface area contributed by atoms with Crippen LogP contribution in [0.5, 0.6) is 0 Å². The Morgan fingerprint density at radius 2 is 2.25 bits per heavy atom. The zero-order chi connectivity index (χ0) is 11.4. The molecule has 0 spiro atoms. The van der Waals surface area contributed by atoms with E-state index in [0.29, 0.717) is 0 Å². The van der Waals surface area contributed by atoms with Gasteiger partial charge in [-0.15, -0.1) is 0 Å². The van der Waals surface area contributed by atoms with E-state index in [1.54, 1.807) is 12.1 Å². The van der Waals surface area contributed by atoms with Crippen LogP contribution in [-0.4, -0.2) is 0 Å². The molecule has 1 atom stereocenters. The van der Waals surface area contributed by atoms with E-state index in [1.165, 1.54) is 37.3 Å². The van der Waals surface area contributed by atoms with E-state index in [-0.39, 0.29) is 5.82 Å². The van der Waals surface area contributed by atoms with Crippen molar-refractivity contribution in [3.05, 3.63) is 41.7 Å². The van der Waals surface area contributed by atoms with Gasteiger partial charge >= 0.3 is 0 Å². The van der Waals surface area contributed by atoms with Gasteiger partial charge in [0.25, 0.3) is 0 Å². The van der Waals surface area contributed by atoms with Crippen LogP contribution in [0.2, 0.25) is 0 Å². The standard InChI is InChI=1S/C15H19F/c1-2-4-12-7-9-13(10-8-12)14-5-3-6-15(16)11-14/h3,5-6,9,11-12H,2,4,7-8,10H2,1H3. The third-order valence-corrected chi connectivity index (χ3v) is 3.41. The molecule has 0 saturated carbocycles. The first-order valence-electron chi connectivity index (χ1n) is 6.24. The van der Waals surface area contributed by atoms with E-state index < -0.39 is 0 Å². The molecule has 0 aromatic heterocycles. The van der Waals surface area contributed by atoms with Crippen LogP contribution in [0, 0.1) is 11.7 Å².